The number of nitrogens with one attached hydrogen (secondary N) is 3. The number of anilines is 1. The van der Waals surface area contributed by atoms with Crippen LogP contribution in [-0.4, -0.2) is 43.0 Å². The van der Waals surface area contributed by atoms with E-state index in [2.05, 4.69) is 21.7 Å². The monoisotopic (exact) mass is 425 g/mol. The van der Waals surface area contributed by atoms with Crippen LogP contribution < -0.4 is 15.5 Å². The molecule has 1 unspecified atom stereocenters. The normalized spacial score (nSPS) is 13.0. The van der Waals surface area contributed by atoms with Crippen LogP contribution in [0.25, 0.3) is 10.2 Å². The Bertz CT molecular complexity index is 967. The summed E-state index contributed by atoms with van der Waals surface area (Å²) in [6, 6.07) is 15.7. The molecule has 0 aliphatic rings. The molecule has 0 radical (unpaired) electrons. The summed E-state index contributed by atoms with van der Waals surface area (Å²) in [7, 11) is 1.86. The van der Waals surface area contributed by atoms with Crippen LogP contribution in [0.1, 0.15) is 30.8 Å². The molecule has 2 aromatic carbocycles. The van der Waals surface area contributed by atoms with E-state index >= 15 is 0 Å². The number of para-hydroxylation sites is 1. The van der Waals surface area contributed by atoms with Gasteiger partial charge in [-0.05, 0) is 43.2 Å². The summed E-state index contributed by atoms with van der Waals surface area (Å²) in [5, 5.41) is 6.87. The standard InChI is InChI=1S/C23H28N4O2S/c1-4-13-24-21(28)15-27(3)16(2)23(29)25-18-11-9-17(10-12-18)14-22-26-19-7-5-6-8-20(19)30-22/h5-12,16H,4,13-15H2,1-3H3,(H,24,28)(H,25,29)/p+1/t16-/m1/s1. The molecule has 6 nitrogen and oxygen atoms in total. The molecule has 1 aromatic heterocycles. The lowest BCUT2D eigenvalue weighted by molar-refractivity contribution is -0.885. The fraction of sp³-hybridized carbons (Fsp3) is 0.348. The lowest BCUT2D eigenvalue weighted by atomic mass is 10.1. The first-order valence-electron chi connectivity index (χ1n) is 10.3. The third-order valence-corrected chi connectivity index (χ3v) is 6.10. The molecular formula is C23H29N4O2S+. The van der Waals surface area contributed by atoms with Crippen molar-refractivity contribution in [1.29, 1.82) is 0 Å². The molecule has 0 aliphatic heterocycles. The first-order chi connectivity index (χ1) is 14.5. The third-order valence-electron chi connectivity index (χ3n) is 5.06. The van der Waals surface area contributed by atoms with Gasteiger partial charge in [-0.25, -0.2) is 4.98 Å². The van der Waals surface area contributed by atoms with E-state index in [-0.39, 0.29) is 24.4 Å². The van der Waals surface area contributed by atoms with Gasteiger partial charge in [-0.2, -0.15) is 0 Å². The Kier molecular flexibility index (Phi) is 7.54. The molecule has 7 heteroatoms. The lowest BCUT2D eigenvalue weighted by Crippen LogP contribution is -3.15. The van der Waals surface area contributed by atoms with Crippen LogP contribution in [0.3, 0.4) is 0 Å². The Hall–Kier alpha value is -2.77. The molecule has 30 heavy (non-hydrogen) atoms. The second kappa shape index (κ2) is 10.3. The number of benzene rings is 2. The fourth-order valence-corrected chi connectivity index (χ4v) is 4.09. The van der Waals surface area contributed by atoms with Crippen molar-refractivity contribution in [3.05, 3.63) is 59.1 Å². The van der Waals surface area contributed by atoms with Crippen molar-refractivity contribution in [3.8, 4) is 0 Å². The number of fused-ring (bicyclic) bond motifs is 1. The van der Waals surface area contributed by atoms with Gasteiger partial charge in [-0.15, -0.1) is 11.3 Å². The molecule has 3 rings (SSSR count). The van der Waals surface area contributed by atoms with Gasteiger partial charge in [0.05, 0.1) is 22.3 Å². The largest absolute Gasteiger partial charge is 0.351 e. The van der Waals surface area contributed by atoms with Crippen molar-refractivity contribution < 1.29 is 14.5 Å². The van der Waals surface area contributed by atoms with Crippen LogP contribution in [0.15, 0.2) is 48.5 Å². The zero-order chi connectivity index (χ0) is 21.5. The highest BCUT2D eigenvalue weighted by molar-refractivity contribution is 7.18. The van der Waals surface area contributed by atoms with Gasteiger partial charge in [-0.1, -0.05) is 31.2 Å². The van der Waals surface area contributed by atoms with Gasteiger partial charge in [0.1, 0.15) is 0 Å². The van der Waals surface area contributed by atoms with Crippen molar-refractivity contribution in [2.75, 3.05) is 25.5 Å². The van der Waals surface area contributed by atoms with Crippen molar-refractivity contribution in [1.82, 2.24) is 10.3 Å². The molecule has 2 atom stereocenters. The average Bonchev–Trinajstić information content (AvgIpc) is 3.15. The van der Waals surface area contributed by atoms with E-state index in [0.717, 1.165) is 39.5 Å². The SMILES string of the molecule is CCCNC(=O)C[NH+](C)[C@H](C)C(=O)Nc1ccc(Cc2nc3ccccc3s2)cc1. The number of nitrogens with zero attached hydrogens (tertiary/aromatic N) is 1. The number of hydrogen-bond donors (Lipinski definition) is 3. The number of carbonyl (C=O) groups is 2. The van der Waals surface area contributed by atoms with E-state index in [4.69, 9.17) is 0 Å². The average molecular weight is 426 g/mol. The van der Waals surface area contributed by atoms with Gasteiger partial charge < -0.3 is 15.5 Å². The molecule has 0 spiro atoms. The van der Waals surface area contributed by atoms with E-state index in [0.29, 0.717) is 6.54 Å². The minimum absolute atomic E-state index is 0.0341. The van der Waals surface area contributed by atoms with Crippen molar-refractivity contribution in [3.63, 3.8) is 0 Å². The lowest BCUT2D eigenvalue weighted by Gasteiger charge is -2.20. The molecule has 0 aliphatic carbocycles. The topological polar surface area (TPSA) is 75.5 Å². The second-order valence-electron chi connectivity index (χ2n) is 7.53. The van der Waals surface area contributed by atoms with E-state index in [9.17, 15) is 9.59 Å². The van der Waals surface area contributed by atoms with Crippen LogP contribution in [0, 0.1) is 0 Å². The molecule has 158 valence electrons. The fourth-order valence-electron chi connectivity index (χ4n) is 3.08. The molecule has 3 aromatic rings. The Morgan fingerprint density at radius 2 is 1.87 bits per heavy atom. The van der Waals surface area contributed by atoms with Gasteiger partial charge in [0.2, 0.25) is 0 Å². The molecule has 0 saturated heterocycles. The number of rotatable bonds is 9. The highest BCUT2D eigenvalue weighted by Crippen LogP contribution is 2.24. The van der Waals surface area contributed by atoms with E-state index in [1.807, 2.05) is 63.4 Å². The summed E-state index contributed by atoms with van der Waals surface area (Å²) in [4.78, 5) is 30.0. The van der Waals surface area contributed by atoms with Gasteiger partial charge >= 0.3 is 0 Å². The number of likely N-dealkylation sites (N-methyl/N-ethyl adjacent to an activating group) is 1. The Morgan fingerprint density at radius 3 is 2.57 bits per heavy atom. The maximum Gasteiger partial charge on any atom is 0.282 e. The predicted molar refractivity (Wildman–Crippen MR) is 122 cm³/mol. The Labute approximate surface area is 181 Å². The molecule has 0 fully saturated rings. The third kappa shape index (κ3) is 5.87. The van der Waals surface area contributed by atoms with Gasteiger partial charge in [-0.3, -0.25) is 9.59 Å². The zero-order valence-electron chi connectivity index (χ0n) is 17.7. The van der Waals surface area contributed by atoms with Crippen LogP contribution in [0.2, 0.25) is 0 Å². The first kappa shape index (κ1) is 21.9. The predicted octanol–water partition coefficient (Wildman–Crippen LogP) is 2.26. The Balaban J connectivity index is 1.54. The summed E-state index contributed by atoms with van der Waals surface area (Å²) in [5.41, 5.74) is 2.93. The van der Waals surface area contributed by atoms with Crippen molar-refractivity contribution in [2.24, 2.45) is 0 Å². The number of amides is 2. The maximum atomic E-state index is 12.6. The van der Waals surface area contributed by atoms with Gasteiger partial charge in [0.15, 0.2) is 12.6 Å². The molecule has 2 amide bonds. The number of carbonyl (C=O) groups excluding carboxylic acids is 2. The van der Waals surface area contributed by atoms with E-state index < -0.39 is 0 Å². The molecule has 3 N–H and O–H groups in total. The summed E-state index contributed by atoms with van der Waals surface area (Å²) in [6.45, 7) is 4.78. The van der Waals surface area contributed by atoms with Crippen molar-refractivity contribution >= 4 is 39.1 Å². The quantitative estimate of drug-likeness (QED) is 0.492. The second-order valence-corrected chi connectivity index (χ2v) is 8.65. The number of aromatic nitrogens is 1. The number of quaternary nitrogens is 1. The van der Waals surface area contributed by atoms with Crippen LogP contribution in [0.4, 0.5) is 5.69 Å². The number of hydrogen-bond acceptors (Lipinski definition) is 4. The highest BCUT2D eigenvalue weighted by Gasteiger charge is 2.23. The van der Waals surface area contributed by atoms with Crippen LogP contribution in [-0.2, 0) is 16.0 Å². The maximum absolute atomic E-state index is 12.6. The minimum atomic E-state index is -0.334. The number of thiazole rings is 1. The van der Waals surface area contributed by atoms with Gasteiger partial charge in [0, 0.05) is 18.7 Å². The van der Waals surface area contributed by atoms with Gasteiger partial charge in [0.25, 0.3) is 11.8 Å². The molecule has 0 bridgehead atoms. The van der Waals surface area contributed by atoms with Crippen molar-refractivity contribution in [2.45, 2.75) is 32.7 Å². The summed E-state index contributed by atoms with van der Waals surface area (Å²) >= 11 is 1.71. The smallest absolute Gasteiger partial charge is 0.282 e. The molecular weight excluding hydrogens is 396 g/mol. The van der Waals surface area contributed by atoms with E-state index in [1.54, 1.807) is 11.3 Å². The minimum Gasteiger partial charge on any atom is -0.351 e. The summed E-state index contributed by atoms with van der Waals surface area (Å²) < 4.78 is 1.19. The Morgan fingerprint density at radius 1 is 1.13 bits per heavy atom. The first-order valence-corrected chi connectivity index (χ1v) is 11.1. The molecule has 0 saturated carbocycles. The van der Waals surface area contributed by atoms with Crippen LogP contribution >= 0.6 is 11.3 Å². The highest BCUT2D eigenvalue weighted by atomic mass is 32.1. The summed E-state index contributed by atoms with van der Waals surface area (Å²) in [6.07, 6.45) is 1.67. The zero-order valence-corrected chi connectivity index (χ0v) is 18.5. The molecule has 1 heterocycles. The summed E-state index contributed by atoms with van der Waals surface area (Å²) in [5.74, 6) is -0.136. The van der Waals surface area contributed by atoms with E-state index in [1.165, 1.54) is 4.70 Å². The van der Waals surface area contributed by atoms with Crippen LogP contribution in [0.5, 0.6) is 0 Å².